The van der Waals surface area contributed by atoms with Crippen molar-refractivity contribution in [2.75, 3.05) is 26.7 Å². The van der Waals surface area contributed by atoms with Gasteiger partial charge in [-0.1, -0.05) is 13.0 Å². The van der Waals surface area contributed by atoms with Crippen molar-refractivity contribution in [2.24, 2.45) is 5.92 Å². The minimum absolute atomic E-state index is 0.458. The zero-order chi connectivity index (χ0) is 15.0. The Balaban J connectivity index is 2.09. The Morgan fingerprint density at radius 1 is 1.43 bits per heavy atom. The van der Waals surface area contributed by atoms with E-state index in [1.807, 2.05) is 19.1 Å². The second kappa shape index (κ2) is 5.81. The second-order valence-electron chi connectivity index (χ2n) is 5.98. The lowest BCUT2D eigenvalue weighted by molar-refractivity contribution is 0.160. The number of hydrogen-bond acceptors (Lipinski definition) is 3. The van der Waals surface area contributed by atoms with E-state index < -0.39 is 0 Å². The molecule has 0 amide bonds. The Morgan fingerprint density at radius 3 is 2.95 bits per heavy atom. The number of rotatable bonds is 3. The molecule has 0 radical (unpaired) electrons. The Bertz CT molecular complexity index is 690. The van der Waals surface area contributed by atoms with Crippen LogP contribution in [-0.2, 0) is 0 Å². The highest BCUT2D eigenvalue weighted by Crippen LogP contribution is 2.33. The lowest BCUT2D eigenvalue weighted by Gasteiger charge is -2.35. The normalized spacial score (nSPS) is 23.6. The van der Waals surface area contributed by atoms with Crippen molar-refractivity contribution in [2.45, 2.75) is 26.3 Å². The third-order valence-electron chi connectivity index (χ3n) is 4.41. The molecular weight excluding hydrogens is 282 g/mol. The van der Waals surface area contributed by atoms with Gasteiger partial charge in [0.25, 0.3) is 0 Å². The lowest BCUT2D eigenvalue weighted by atomic mass is 9.94. The number of ether oxygens (including phenoxy) is 1. The highest BCUT2D eigenvalue weighted by atomic mass is 32.1. The molecule has 1 fully saturated rings. The van der Waals surface area contributed by atoms with Gasteiger partial charge in [0.1, 0.15) is 11.3 Å². The van der Waals surface area contributed by atoms with Crippen molar-refractivity contribution >= 4 is 23.3 Å². The van der Waals surface area contributed by atoms with E-state index >= 15 is 0 Å². The van der Waals surface area contributed by atoms with Crippen LogP contribution in [0.4, 0.5) is 0 Å². The van der Waals surface area contributed by atoms with E-state index in [2.05, 4.69) is 34.5 Å². The maximum absolute atomic E-state index is 5.72. The van der Waals surface area contributed by atoms with Gasteiger partial charge in [-0.15, -0.1) is 0 Å². The molecule has 2 heterocycles. The molecule has 0 saturated carbocycles. The van der Waals surface area contributed by atoms with Gasteiger partial charge >= 0.3 is 0 Å². The van der Waals surface area contributed by atoms with Crippen LogP contribution in [0.2, 0.25) is 0 Å². The van der Waals surface area contributed by atoms with Gasteiger partial charge in [0.15, 0.2) is 4.77 Å². The standard InChI is InChI=1S/C16H23N3OS/c1-4-20-14-7-5-6-13-15(14)17-16(21)19(13)12-8-9-18(3)10-11(12)2/h5-7,11-12H,4,8-10H2,1-3H3,(H,17,21). The summed E-state index contributed by atoms with van der Waals surface area (Å²) in [5.41, 5.74) is 2.18. The molecule has 1 aromatic carbocycles. The lowest BCUT2D eigenvalue weighted by Crippen LogP contribution is -2.37. The molecule has 2 atom stereocenters. The largest absolute Gasteiger partial charge is 0.492 e. The minimum Gasteiger partial charge on any atom is -0.492 e. The van der Waals surface area contributed by atoms with Crippen molar-refractivity contribution in [3.8, 4) is 5.75 Å². The van der Waals surface area contributed by atoms with Gasteiger partial charge in [0.05, 0.1) is 12.1 Å². The molecule has 1 aliphatic heterocycles. The monoisotopic (exact) mass is 305 g/mol. The van der Waals surface area contributed by atoms with Crippen LogP contribution in [0.5, 0.6) is 5.75 Å². The van der Waals surface area contributed by atoms with Crippen LogP contribution < -0.4 is 4.74 Å². The first-order chi connectivity index (χ1) is 10.1. The van der Waals surface area contributed by atoms with Crippen LogP contribution in [0.3, 0.4) is 0 Å². The van der Waals surface area contributed by atoms with E-state index in [-0.39, 0.29) is 0 Å². The van der Waals surface area contributed by atoms with Gasteiger partial charge in [-0.05, 0) is 57.2 Å². The number of piperidine rings is 1. The van der Waals surface area contributed by atoms with Crippen LogP contribution in [0.25, 0.3) is 11.0 Å². The summed E-state index contributed by atoms with van der Waals surface area (Å²) in [4.78, 5) is 5.74. The van der Waals surface area contributed by atoms with Crippen molar-refractivity contribution < 1.29 is 4.74 Å². The molecular formula is C16H23N3OS. The Labute approximate surface area is 130 Å². The fraction of sp³-hybridized carbons (Fsp3) is 0.562. The minimum atomic E-state index is 0.458. The molecule has 0 aliphatic carbocycles. The number of H-pyrrole nitrogens is 1. The SMILES string of the molecule is CCOc1cccc2c1[nH]c(=S)n2C1CCN(C)CC1C. The predicted molar refractivity (Wildman–Crippen MR) is 88.6 cm³/mol. The average Bonchev–Trinajstić information content (AvgIpc) is 2.77. The van der Waals surface area contributed by atoms with Crippen LogP contribution in [0.1, 0.15) is 26.3 Å². The number of aromatic amines is 1. The molecule has 1 saturated heterocycles. The van der Waals surface area contributed by atoms with Gasteiger partial charge in [0, 0.05) is 12.6 Å². The van der Waals surface area contributed by atoms with E-state index in [9.17, 15) is 0 Å². The average molecular weight is 305 g/mol. The topological polar surface area (TPSA) is 33.2 Å². The Kier molecular flexibility index (Phi) is 4.04. The molecule has 1 N–H and O–H groups in total. The van der Waals surface area contributed by atoms with Gasteiger partial charge in [-0.2, -0.15) is 0 Å². The van der Waals surface area contributed by atoms with Gasteiger partial charge in [-0.3, -0.25) is 0 Å². The molecule has 21 heavy (non-hydrogen) atoms. The smallest absolute Gasteiger partial charge is 0.178 e. The number of para-hydroxylation sites is 1. The molecule has 0 spiro atoms. The first kappa shape index (κ1) is 14.6. The number of fused-ring (bicyclic) bond motifs is 1. The number of imidazole rings is 1. The highest BCUT2D eigenvalue weighted by molar-refractivity contribution is 7.71. The van der Waals surface area contributed by atoms with E-state index in [0.29, 0.717) is 18.6 Å². The molecule has 0 bridgehead atoms. The molecule has 4 nitrogen and oxygen atoms in total. The van der Waals surface area contributed by atoms with Crippen LogP contribution in [-0.4, -0.2) is 41.2 Å². The first-order valence-corrected chi connectivity index (χ1v) is 8.07. The molecule has 2 unspecified atom stereocenters. The molecule has 1 aromatic heterocycles. The zero-order valence-corrected chi connectivity index (χ0v) is 13.7. The summed E-state index contributed by atoms with van der Waals surface area (Å²) in [5, 5.41) is 0. The fourth-order valence-electron chi connectivity index (χ4n) is 3.45. The number of hydrogen-bond donors (Lipinski definition) is 1. The molecule has 1 aliphatic rings. The summed E-state index contributed by atoms with van der Waals surface area (Å²) >= 11 is 5.60. The summed E-state index contributed by atoms with van der Waals surface area (Å²) in [6, 6.07) is 6.64. The van der Waals surface area contributed by atoms with Crippen LogP contribution in [0, 0.1) is 10.7 Å². The van der Waals surface area contributed by atoms with Gasteiger partial charge in [0.2, 0.25) is 0 Å². The van der Waals surface area contributed by atoms with E-state index in [1.54, 1.807) is 0 Å². The molecule has 5 heteroatoms. The summed E-state index contributed by atoms with van der Waals surface area (Å²) < 4.78 is 8.82. The van der Waals surface area contributed by atoms with E-state index in [4.69, 9.17) is 17.0 Å². The third-order valence-corrected chi connectivity index (χ3v) is 4.71. The zero-order valence-electron chi connectivity index (χ0n) is 12.9. The summed E-state index contributed by atoms with van der Waals surface area (Å²) in [6.07, 6.45) is 1.14. The highest BCUT2D eigenvalue weighted by Gasteiger charge is 2.27. The van der Waals surface area contributed by atoms with Crippen molar-refractivity contribution in [3.63, 3.8) is 0 Å². The molecule has 2 aromatic rings. The summed E-state index contributed by atoms with van der Waals surface area (Å²) in [5.74, 6) is 1.48. The van der Waals surface area contributed by atoms with Gasteiger partial charge < -0.3 is 19.2 Å². The number of benzene rings is 1. The van der Waals surface area contributed by atoms with E-state index in [1.165, 1.54) is 0 Å². The Hall–Kier alpha value is -1.33. The number of aromatic nitrogens is 2. The fourth-order valence-corrected chi connectivity index (χ4v) is 3.79. The Morgan fingerprint density at radius 2 is 2.24 bits per heavy atom. The second-order valence-corrected chi connectivity index (χ2v) is 6.37. The van der Waals surface area contributed by atoms with Crippen LogP contribution in [0.15, 0.2) is 18.2 Å². The van der Waals surface area contributed by atoms with Crippen LogP contribution >= 0.6 is 12.2 Å². The summed E-state index contributed by atoms with van der Waals surface area (Å²) in [6.45, 7) is 7.21. The van der Waals surface area contributed by atoms with Crippen molar-refractivity contribution in [3.05, 3.63) is 23.0 Å². The van der Waals surface area contributed by atoms with Crippen molar-refractivity contribution in [1.29, 1.82) is 0 Å². The number of nitrogens with one attached hydrogen (secondary N) is 1. The number of likely N-dealkylation sites (tertiary alicyclic amines) is 1. The number of nitrogens with zero attached hydrogens (tertiary/aromatic N) is 2. The predicted octanol–water partition coefficient (Wildman–Crippen LogP) is 3.61. The maximum atomic E-state index is 5.72. The maximum Gasteiger partial charge on any atom is 0.178 e. The summed E-state index contributed by atoms with van der Waals surface area (Å²) in [7, 11) is 2.19. The molecule has 114 valence electrons. The van der Waals surface area contributed by atoms with Gasteiger partial charge in [-0.25, -0.2) is 0 Å². The van der Waals surface area contributed by atoms with Crippen molar-refractivity contribution in [1.82, 2.24) is 14.5 Å². The quantitative estimate of drug-likeness (QED) is 0.879. The molecule has 3 rings (SSSR count). The third kappa shape index (κ3) is 2.60. The van der Waals surface area contributed by atoms with E-state index in [0.717, 1.165) is 41.1 Å². The first-order valence-electron chi connectivity index (χ1n) is 7.66.